The number of aliphatic hydroxyl groups excluding tert-OH is 1. The summed E-state index contributed by atoms with van der Waals surface area (Å²) in [6, 6.07) is 8.09. The molecule has 1 atom stereocenters. The number of carbonyl (C=O) groups excluding carboxylic acids is 1. The normalized spacial score (nSPS) is 21.5. The first-order valence-electron chi connectivity index (χ1n) is 8.92. The van der Waals surface area contributed by atoms with Crippen LogP contribution >= 0.6 is 0 Å². The van der Waals surface area contributed by atoms with Crippen LogP contribution in [0.3, 0.4) is 0 Å². The van der Waals surface area contributed by atoms with Crippen LogP contribution in [0.25, 0.3) is 5.69 Å². The second-order valence-electron chi connectivity index (χ2n) is 6.80. The molecule has 1 fully saturated rings. The monoisotopic (exact) mass is 342 g/mol. The molecule has 1 saturated carbocycles. The second kappa shape index (κ2) is 8.16. The van der Waals surface area contributed by atoms with Gasteiger partial charge < -0.3 is 20.3 Å². The molecule has 3 rings (SSSR count). The van der Waals surface area contributed by atoms with E-state index in [0.717, 1.165) is 36.9 Å². The summed E-state index contributed by atoms with van der Waals surface area (Å²) in [5.41, 5.74) is 2.10. The van der Waals surface area contributed by atoms with Crippen LogP contribution in [0.15, 0.2) is 43.0 Å². The summed E-state index contributed by atoms with van der Waals surface area (Å²) < 4.78 is 1.94. The topological polar surface area (TPSA) is 79.2 Å². The maximum Gasteiger partial charge on any atom is 0.315 e. The number of hydrogen-bond donors (Lipinski definition) is 3. The Kier molecular flexibility index (Phi) is 5.71. The van der Waals surface area contributed by atoms with Crippen molar-refractivity contribution in [2.75, 3.05) is 6.61 Å². The Labute approximate surface area is 148 Å². The maximum atomic E-state index is 12.2. The third-order valence-electron chi connectivity index (χ3n) is 4.98. The lowest BCUT2D eigenvalue weighted by molar-refractivity contribution is 0.174. The Morgan fingerprint density at radius 3 is 2.60 bits per heavy atom. The number of nitrogens with zero attached hydrogens (tertiary/aromatic N) is 2. The SMILES string of the molecule is CC(NC(=O)NC1CCC(CO)CC1)c1ccc(-n2ccnc2)cc1. The van der Waals surface area contributed by atoms with Gasteiger partial charge in [-0.15, -0.1) is 0 Å². The highest BCUT2D eigenvalue weighted by atomic mass is 16.3. The molecule has 1 aromatic heterocycles. The molecule has 1 aromatic carbocycles. The minimum atomic E-state index is -0.126. The Morgan fingerprint density at radius 2 is 2.00 bits per heavy atom. The van der Waals surface area contributed by atoms with Crippen LogP contribution in [0, 0.1) is 5.92 Å². The Bertz CT molecular complexity index is 661. The molecule has 1 aliphatic rings. The van der Waals surface area contributed by atoms with Gasteiger partial charge in [-0.3, -0.25) is 0 Å². The lowest BCUT2D eigenvalue weighted by Gasteiger charge is -2.28. The van der Waals surface area contributed by atoms with E-state index in [1.807, 2.05) is 42.0 Å². The first-order chi connectivity index (χ1) is 12.2. The molecule has 0 spiro atoms. The van der Waals surface area contributed by atoms with E-state index in [2.05, 4.69) is 15.6 Å². The second-order valence-corrected chi connectivity index (χ2v) is 6.80. The van der Waals surface area contributed by atoms with Gasteiger partial charge >= 0.3 is 6.03 Å². The first-order valence-corrected chi connectivity index (χ1v) is 8.92. The van der Waals surface area contributed by atoms with Gasteiger partial charge in [-0.25, -0.2) is 9.78 Å². The molecular weight excluding hydrogens is 316 g/mol. The van der Waals surface area contributed by atoms with E-state index in [4.69, 9.17) is 0 Å². The summed E-state index contributed by atoms with van der Waals surface area (Å²) in [5, 5.41) is 15.2. The summed E-state index contributed by atoms with van der Waals surface area (Å²) in [4.78, 5) is 16.3. The molecule has 0 saturated heterocycles. The molecule has 1 unspecified atom stereocenters. The van der Waals surface area contributed by atoms with Gasteiger partial charge in [0.15, 0.2) is 0 Å². The standard InChI is InChI=1S/C19H26N4O2/c1-14(16-4-8-18(9-5-16)23-11-10-20-13-23)21-19(25)22-17-6-2-15(12-24)3-7-17/h4-5,8-11,13-15,17,24H,2-3,6-7,12H2,1H3,(H2,21,22,25). The first kappa shape index (κ1) is 17.5. The highest BCUT2D eigenvalue weighted by Gasteiger charge is 2.22. The molecular formula is C19H26N4O2. The quantitative estimate of drug-likeness (QED) is 0.782. The number of carbonyl (C=O) groups is 1. The third kappa shape index (κ3) is 4.60. The molecule has 1 heterocycles. The number of benzene rings is 1. The number of aliphatic hydroxyl groups is 1. The van der Waals surface area contributed by atoms with Gasteiger partial charge in [0.1, 0.15) is 0 Å². The Hall–Kier alpha value is -2.34. The third-order valence-corrected chi connectivity index (χ3v) is 4.98. The number of imidazole rings is 1. The van der Waals surface area contributed by atoms with E-state index < -0.39 is 0 Å². The molecule has 6 nitrogen and oxygen atoms in total. The van der Waals surface area contributed by atoms with E-state index >= 15 is 0 Å². The number of nitrogens with one attached hydrogen (secondary N) is 2. The molecule has 2 aromatic rings. The predicted octanol–water partition coefficient (Wildman–Crippen LogP) is 2.78. The van der Waals surface area contributed by atoms with Gasteiger partial charge in [0.25, 0.3) is 0 Å². The number of rotatable bonds is 5. The fraction of sp³-hybridized carbons (Fsp3) is 0.474. The molecule has 0 bridgehead atoms. The number of hydrogen-bond acceptors (Lipinski definition) is 3. The lowest BCUT2D eigenvalue weighted by Crippen LogP contribution is -2.44. The molecule has 25 heavy (non-hydrogen) atoms. The van der Waals surface area contributed by atoms with Crippen molar-refractivity contribution in [3.63, 3.8) is 0 Å². The molecule has 6 heteroatoms. The van der Waals surface area contributed by atoms with Gasteiger partial charge in [0.05, 0.1) is 12.4 Å². The summed E-state index contributed by atoms with van der Waals surface area (Å²) in [7, 11) is 0. The van der Waals surface area contributed by atoms with Gasteiger partial charge in [0, 0.05) is 30.7 Å². The summed E-state index contributed by atoms with van der Waals surface area (Å²) in [6.07, 6.45) is 9.24. The van der Waals surface area contributed by atoms with Gasteiger partial charge in [-0.05, 0) is 56.2 Å². The van der Waals surface area contributed by atoms with E-state index in [1.54, 1.807) is 12.5 Å². The van der Waals surface area contributed by atoms with Crippen molar-refractivity contribution in [3.05, 3.63) is 48.5 Å². The van der Waals surface area contributed by atoms with Crippen LogP contribution in [0.1, 0.15) is 44.2 Å². The van der Waals surface area contributed by atoms with Crippen molar-refractivity contribution in [2.45, 2.75) is 44.7 Å². The fourth-order valence-electron chi connectivity index (χ4n) is 3.34. The highest BCUT2D eigenvalue weighted by molar-refractivity contribution is 5.74. The van der Waals surface area contributed by atoms with Crippen molar-refractivity contribution in [1.82, 2.24) is 20.2 Å². The highest BCUT2D eigenvalue weighted by Crippen LogP contribution is 2.23. The average molecular weight is 342 g/mol. The van der Waals surface area contributed by atoms with Crippen LogP contribution in [0.2, 0.25) is 0 Å². The zero-order valence-corrected chi connectivity index (χ0v) is 14.6. The molecule has 0 radical (unpaired) electrons. The van der Waals surface area contributed by atoms with Gasteiger partial charge in [-0.2, -0.15) is 0 Å². The largest absolute Gasteiger partial charge is 0.396 e. The van der Waals surface area contributed by atoms with Crippen molar-refractivity contribution in [3.8, 4) is 5.69 Å². The van der Waals surface area contributed by atoms with E-state index in [0.29, 0.717) is 5.92 Å². The zero-order chi connectivity index (χ0) is 17.6. The zero-order valence-electron chi connectivity index (χ0n) is 14.6. The van der Waals surface area contributed by atoms with Crippen molar-refractivity contribution >= 4 is 6.03 Å². The van der Waals surface area contributed by atoms with Crippen LogP contribution in [-0.2, 0) is 0 Å². The lowest BCUT2D eigenvalue weighted by atomic mass is 9.87. The fourth-order valence-corrected chi connectivity index (χ4v) is 3.34. The minimum absolute atomic E-state index is 0.0642. The van der Waals surface area contributed by atoms with Crippen LogP contribution in [0.4, 0.5) is 4.79 Å². The maximum absolute atomic E-state index is 12.2. The van der Waals surface area contributed by atoms with Gasteiger partial charge in [0.2, 0.25) is 0 Å². The summed E-state index contributed by atoms with van der Waals surface area (Å²) in [5.74, 6) is 0.397. The van der Waals surface area contributed by atoms with Crippen molar-refractivity contribution < 1.29 is 9.90 Å². The van der Waals surface area contributed by atoms with Crippen molar-refractivity contribution in [1.29, 1.82) is 0 Å². The van der Waals surface area contributed by atoms with Crippen LogP contribution < -0.4 is 10.6 Å². The molecule has 3 N–H and O–H groups in total. The molecule has 0 aliphatic heterocycles. The van der Waals surface area contributed by atoms with E-state index in [1.165, 1.54) is 0 Å². The number of amides is 2. The average Bonchev–Trinajstić information content (AvgIpc) is 3.17. The van der Waals surface area contributed by atoms with E-state index in [-0.39, 0.29) is 24.7 Å². The van der Waals surface area contributed by atoms with Crippen LogP contribution in [0.5, 0.6) is 0 Å². The minimum Gasteiger partial charge on any atom is -0.396 e. The molecule has 134 valence electrons. The smallest absolute Gasteiger partial charge is 0.315 e. The van der Waals surface area contributed by atoms with E-state index in [9.17, 15) is 9.90 Å². The predicted molar refractivity (Wildman–Crippen MR) is 96.5 cm³/mol. The summed E-state index contributed by atoms with van der Waals surface area (Å²) >= 11 is 0. The number of aromatic nitrogens is 2. The number of urea groups is 1. The van der Waals surface area contributed by atoms with Crippen LogP contribution in [-0.4, -0.2) is 33.3 Å². The Balaban J connectivity index is 1.50. The summed E-state index contributed by atoms with van der Waals surface area (Å²) in [6.45, 7) is 2.24. The molecule has 1 aliphatic carbocycles. The molecule has 2 amide bonds. The van der Waals surface area contributed by atoms with Crippen molar-refractivity contribution in [2.24, 2.45) is 5.92 Å². The Morgan fingerprint density at radius 1 is 1.28 bits per heavy atom. The van der Waals surface area contributed by atoms with Gasteiger partial charge in [-0.1, -0.05) is 12.1 Å².